The van der Waals surface area contributed by atoms with Crippen molar-refractivity contribution in [3.8, 4) is 11.4 Å². The molecule has 2 aromatic carbocycles. The molecule has 4 heterocycles. The Morgan fingerprint density at radius 1 is 1.00 bits per heavy atom. The van der Waals surface area contributed by atoms with Crippen LogP contribution >= 0.6 is 12.2 Å². The highest BCUT2D eigenvalue weighted by Gasteiger charge is 2.42. The molecule has 0 spiro atoms. The van der Waals surface area contributed by atoms with E-state index in [1.165, 1.54) is 12.8 Å². The Kier molecular flexibility index (Phi) is 8.23. The highest BCUT2D eigenvalue weighted by atomic mass is 32.2. The van der Waals surface area contributed by atoms with Crippen molar-refractivity contribution in [2.24, 2.45) is 0 Å². The fraction of sp³-hybridized carbons (Fsp3) is 0.312. The van der Waals surface area contributed by atoms with Crippen LogP contribution in [0.3, 0.4) is 0 Å². The summed E-state index contributed by atoms with van der Waals surface area (Å²) in [7, 11) is -1.98. The zero-order chi connectivity index (χ0) is 31.0. The molecule has 2 fully saturated rings. The average Bonchev–Trinajstić information content (AvgIpc) is 3.52. The molecule has 12 heteroatoms. The molecule has 44 heavy (non-hydrogen) atoms. The molecule has 10 nitrogen and oxygen atoms in total. The number of aromatic nitrogens is 2. The Hall–Kier alpha value is -4.13. The van der Waals surface area contributed by atoms with E-state index in [1.54, 1.807) is 18.3 Å². The van der Waals surface area contributed by atoms with Crippen LogP contribution in [-0.4, -0.2) is 62.8 Å². The number of ether oxygens (including phenoxy) is 2. The van der Waals surface area contributed by atoms with Gasteiger partial charge in [-0.05, 0) is 86.2 Å². The first-order valence-electron chi connectivity index (χ1n) is 14.4. The number of sulfonamides is 1. The van der Waals surface area contributed by atoms with Gasteiger partial charge in [-0.3, -0.25) is 9.71 Å². The molecular formula is C32H36N6O4S2. The lowest BCUT2D eigenvalue weighted by atomic mass is 9.96. The Balaban J connectivity index is 1.42. The Labute approximate surface area is 263 Å². The van der Waals surface area contributed by atoms with Crippen molar-refractivity contribution < 1.29 is 17.9 Å². The highest BCUT2D eigenvalue weighted by Crippen LogP contribution is 2.45. The van der Waals surface area contributed by atoms with Crippen LogP contribution in [0.5, 0.6) is 5.75 Å². The molecule has 2 atom stereocenters. The van der Waals surface area contributed by atoms with E-state index in [9.17, 15) is 8.42 Å². The summed E-state index contributed by atoms with van der Waals surface area (Å²) in [5, 5.41) is 4.05. The minimum atomic E-state index is -3.50. The van der Waals surface area contributed by atoms with E-state index in [0.717, 1.165) is 66.6 Å². The van der Waals surface area contributed by atoms with E-state index in [-0.39, 0.29) is 12.1 Å². The molecule has 4 aromatic rings. The molecule has 2 saturated heterocycles. The third kappa shape index (κ3) is 5.84. The van der Waals surface area contributed by atoms with Gasteiger partial charge in [-0.1, -0.05) is 6.07 Å². The van der Waals surface area contributed by atoms with Crippen LogP contribution in [0.15, 0.2) is 72.9 Å². The van der Waals surface area contributed by atoms with Gasteiger partial charge in [-0.25, -0.2) is 8.42 Å². The second kappa shape index (κ2) is 12.1. The van der Waals surface area contributed by atoms with Gasteiger partial charge >= 0.3 is 0 Å². The third-order valence-corrected chi connectivity index (χ3v) is 9.04. The zero-order valence-corrected chi connectivity index (χ0v) is 26.8. The average molecular weight is 633 g/mol. The number of pyridine rings is 1. The van der Waals surface area contributed by atoms with Crippen LogP contribution in [0.1, 0.15) is 34.7 Å². The number of nitrogens with zero attached hydrogens (tertiary/aromatic N) is 4. The van der Waals surface area contributed by atoms with Gasteiger partial charge in [-0.2, -0.15) is 0 Å². The highest BCUT2D eigenvalue weighted by molar-refractivity contribution is 7.92. The van der Waals surface area contributed by atoms with Gasteiger partial charge in [0, 0.05) is 53.8 Å². The molecule has 2 N–H and O–H groups in total. The lowest BCUT2D eigenvalue weighted by Crippen LogP contribution is -2.36. The van der Waals surface area contributed by atoms with E-state index >= 15 is 0 Å². The summed E-state index contributed by atoms with van der Waals surface area (Å²) >= 11 is 5.94. The lowest BCUT2D eigenvalue weighted by Gasteiger charge is -2.29. The van der Waals surface area contributed by atoms with Gasteiger partial charge in [0.1, 0.15) is 5.75 Å². The number of methoxy groups -OCH3 is 1. The van der Waals surface area contributed by atoms with Gasteiger partial charge in [0.15, 0.2) is 5.11 Å². The normalized spacial score (nSPS) is 18.8. The summed E-state index contributed by atoms with van der Waals surface area (Å²) in [6.07, 6.45) is 2.90. The Morgan fingerprint density at radius 3 is 2.36 bits per heavy atom. The number of morpholine rings is 1. The second-order valence-electron chi connectivity index (χ2n) is 11.0. The smallest absolute Gasteiger partial charge is 0.229 e. The van der Waals surface area contributed by atoms with Crippen LogP contribution in [-0.2, 0) is 14.8 Å². The van der Waals surface area contributed by atoms with Crippen molar-refractivity contribution in [3.05, 3.63) is 95.6 Å². The molecule has 0 radical (unpaired) electrons. The van der Waals surface area contributed by atoms with E-state index in [1.807, 2.05) is 24.3 Å². The molecule has 0 aliphatic carbocycles. The predicted molar refractivity (Wildman–Crippen MR) is 178 cm³/mol. The molecule has 0 saturated carbocycles. The number of rotatable bonds is 8. The fourth-order valence-electron chi connectivity index (χ4n) is 6.18. The number of nitrogens with one attached hydrogen (secondary N) is 2. The summed E-state index contributed by atoms with van der Waals surface area (Å²) in [5.74, 6) is 0.390. The monoisotopic (exact) mass is 632 g/mol. The first kappa shape index (κ1) is 29.9. The molecule has 2 aliphatic heterocycles. The van der Waals surface area contributed by atoms with Crippen molar-refractivity contribution in [1.29, 1.82) is 0 Å². The molecule has 2 aromatic heterocycles. The van der Waals surface area contributed by atoms with Gasteiger partial charge in [0.25, 0.3) is 0 Å². The van der Waals surface area contributed by atoms with Crippen molar-refractivity contribution in [2.45, 2.75) is 25.9 Å². The number of hydrogen-bond donors (Lipinski definition) is 2. The predicted octanol–water partition coefficient (Wildman–Crippen LogP) is 4.88. The Bertz CT molecular complexity index is 1770. The van der Waals surface area contributed by atoms with E-state index in [4.69, 9.17) is 21.7 Å². The minimum absolute atomic E-state index is 0.235. The van der Waals surface area contributed by atoms with Gasteiger partial charge in [0.2, 0.25) is 10.0 Å². The van der Waals surface area contributed by atoms with E-state index < -0.39 is 10.0 Å². The van der Waals surface area contributed by atoms with Gasteiger partial charge < -0.3 is 29.2 Å². The first-order chi connectivity index (χ1) is 21.1. The zero-order valence-electron chi connectivity index (χ0n) is 25.1. The molecule has 6 rings (SSSR count). The van der Waals surface area contributed by atoms with Crippen LogP contribution in [0, 0.1) is 13.8 Å². The van der Waals surface area contributed by atoms with Crippen LogP contribution in [0.2, 0.25) is 0 Å². The quantitative estimate of drug-likeness (QED) is 0.263. The fourth-order valence-corrected chi connectivity index (χ4v) is 7.10. The number of benzene rings is 2. The topological polar surface area (TPSA) is 101 Å². The summed E-state index contributed by atoms with van der Waals surface area (Å²) in [6.45, 7) is 7.51. The van der Waals surface area contributed by atoms with Gasteiger partial charge in [0.05, 0.1) is 50.0 Å². The molecule has 2 unspecified atom stereocenters. The molecular weight excluding hydrogens is 597 g/mol. The van der Waals surface area contributed by atoms with E-state index in [2.05, 4.69) is 73.6 Å². The van der Waals surface area contributed by atoms with E-state index in [0.29, 0.717) is 16.5 Å². The maximum atomic E-state index is 12.0. The maximum Gasteiger partial charge on any atom is 0.229 e. The van der Waals surface area contributed by atoms with Crippen molar-refractivity contribution in [3.63, 3.8) is 0 Å². The van der Waals surface area contributed by atoms with Crippen molar-refractivity contribution in [1.82, 2.24) is 14.9 Å². The van der Waals surface area contributed by atoms with Crippen molar-refractivity contribution >= 4 is 44.4 Å². The summed E-state index contributed by atoms with van der Waals surface area (Å²) in [5.41, 5.74) is 7.54. The third-order valence-electron chi connectivity index (χ3n) is 8.13. The Morgan fingerprint density at radius 2 is 1.70 bits per heavy atom. The standard InChI is InChI=1S/C32H36N6O4S2/c1-21-19-26(22(2)37(21)24-10-8-23(9-11-24)36-15-17-42-18-16-36)31-30(28-7-5-6-14-33-28)34-32(43)38(31)25-12-13-27(29(20-25)41-3)35-44(4,39)40/h5-14,19-20,30-31,35H,15-18H2,1-4H3,(H,34,43). The SMILES string of the molecule is COc1cc(N2C(=S)NC(c3ccccn3)C2c2cc(C)n(-c3ccc(N4CCOCC4)cc3)c2C)ccc1NS(C)(=O)=O. The molecule has 2 aliphatic rings. The number of anilines is 3. The molecule has 0 amide bonds. The maximum absolute atomic E-state index is 12.0. The summed E-state index contributed by atoms with van der Waals surface area (Å²) in [6, 6.07) is 21.6. The molecule has 230 valence electrons. The number of thiocarbonyl (C=S) groups is 1. The summed E-state index contributed by atoms with van der Waals surface area (Å²) in [4.78, 5) is 9.10. The first-order valence-corrected chi connectivity index (χ1v) is 16.7. The van der Waals surface area contributed by atoms with Crippen LogP contribution in [0.4, 0.5) is 17.1 Å². The minimum Gasteiger partial charge on any atom is -0.494 e. The van der Waals surface area contributed by atoms with Gasteiger partial charge in [-0.15, -0.1) is 0 Å². The number of aryl methyl sites for hydroxylation is 1. The van der Waals surface area contributed by atoms with Crippen LogP contribution in [0.25, 0.3) is 5.69 Å². The largest absolute Gasteiger partial charge is 0.494 e. The molecule has 0 bridgehead atoms. The number of hydrogen-bond acceptors (Lipinski definition) is 7. The second-order valence-corrected chi connectivity index (χ2v) is 13.2. The summed E-state index contributed by atoms with van der Waals surface area (Å²) < 4.78 is 39.8. The van der Waals surface area contributed by atoms with Crippen molar-refractivity contribution in [2.75, 3.05) is 54.2 Å². The lowest BCUT2D eigenvalue weighted by molar-refractivity contribution is 0.122. The van der Waals surface area contributed by atoms with Crippen LogP contribution < -0.4 is 24.6 Å².